The van der Waals surface area contributed by atoms with Gasteiger partial charge in [0.05, 0.1) is 0 Å². The maximum absolute atomic E-state index is 12.5. The van der Waals surface area contributed by atoms with Crippen LogP contribution in [0.1, 0.15) is 69.8 Å². The van der Waals surface area contributed by atoms with Gasteiger partial charge in [-0.05, 0) is 56.8 Å². The Labute approximate surface area is 152 Å². The van der Waals surface area contributed by atoms with E-state index in [0.29, 0.717) is 6.42 Å². The highest BCUT2D eigenvalue weighted by Gasteiger charge is 2.41. The van der Waals surface area contributed by atoms with Crippen LogP contribution in [-0.4, -0.2) is 37.0 Å². The third kappa shape index (κ3) is 3.23. The zero-order chi connectivity index (χ0) is 17.3. The fourth-order valence-corrected chi connectivity index (χ4v) is 5.46. The number of para-hydroxylation sites is 1. The van der Waals surface area contributed by atoms with E-state index in [-0.39, 0.29) is 11.3 Å². The molecule has 1 saturated carbocycles. The molecule has 0 atom stereocenters. The molecule has 1 amide bonds. The number of amides is 1. The summed E-state index contributed by atoms with van der Waals surface area (Å²) in [6.07, 6.45) is 12.6. The third-order valence-electron chi connectivity index (χ3n) is 7.12. The average molecular weight is 341 g/mol. The van der Waals surface area contributed by atoms with Gasteiger partial charge in [0.2, 0.25) is 5.91 Å². The number of likely N-dealkylation sites (tertiary alicyclic amines) is 1. The Balaban J connectivity index is 1.55. The first-order valence-corrected chi connectivity index (χ1v) is 10.3. The lowest BCUT2D eigenvalue weighted by Gasteiger charge is -2.45. The number of rotatable bonds is 1. The van der Waals surface area contributed by atoms with Crippen molar-refractivity contribution in [3.63, 3.8) is 0 Å². The highest BCUT2D eigenvalue weighted by Crippen LogP contribution is 2.46. The Bertz CT molecular complexity index is 610. The lowest BCUT2D eigenvalue weighted by Crippen LogP contribution is -2.46. The van der Waals surface area contributed by atoms with Crippen molar-refractivity contribution in [1.29, 1.82) is 0 Å². The second kappa shape index (κ2) is 7.11. The molecule has 3 heteroatoms. The van der Waals surface area contributed by atoms with Gasteiger partial charge in [0.1, 0.15) is 0 Å². The molecule has 0 radical (unpaired) electrons. The summed E-state index contributed by atoms with van der Waals surface area (Å²) in [5.74, 6) is 0.274. The van der Waals surface area contributed by atoms with Gasteiger partial charge in [-0.1, -0.05) is 43.9 Å². The Kier molecular flexibility index (Phi) is 4.86. The molecule has 3 nitrogen and oxygen atoms in total. The molecule has 1 aromatic carbocycles. The molecular formula is C22H32N2O. The molecular weight excluding hydrogens is 308 g/mol. The summed E-state index contributed by atoms with van der Waals surface area (Å²) in [6, 6.07) is 9.46. The molecule has 0 bridgehead atoms. The van der Waals surface area contributed by atoms with Crippen molar-refractivity contribution < 1.29 is 4.79 Å². The number of hydrogen-bond acceptors (Lipinski definition) is 2. The van der Waals surface area contributed by atoms with Crippen molar-refractivity contribution >= 4 is 11.6 Å². The molecule has 1 aliphatic carbocycles. The topological polar surface area (TPSA) is 23.6 Å². The van der Waals surface area contributed by atoms with E-state index in [2.05, 4.69) is 29.2 Å². The molecule has 25 heavy (non-hydrogen) atoms. The Hall–Kier alpha value is -1.35. The summed E-state index contributed by atoms with van der Waals surface area (Å²) in [7, 11) is 1.95. The van der Waals surface area contributed by atoms with Crippen LogP contribution in [0.15, 0.2) is 24.3 Å². The summed E-state index contributed by atoms with van der Waals surface area (Å²) < 4.78 is 0. The predicted molar refractivity (Wildman–Crippen MR) is 103 cm³/mol. The van der Waals surface area contributed by atoms with Crippen LogP contribution in [0.3, 0.4) is 0 Å². The van der Waals surface area contributed by atoms with E-state index in [1.165, 1.54) is 70.0 Å². The van der Waals surface area contributed by atoms with Crippen LogP contribution in [0.5, 0.6) is 0 Å². The molecule has 2 fully saturated rings. The molecule has 0 aromatic heterocycles. The maximum atomic E-state index is 12.5. The molecule has 4 rings (SSSR count). The highest BCUT2D eigenvalue weighted by molar-refractivity contribution is 5.94. The minimum absolute atomic E-state index is 0.207. The smallest absolute Gasteiger partial charge is 0.226 e. The first-order valence-electron chi connectivity index (χ1n) is 10.3. The van der Waals surface area contributed by atoms with E-state index >= 15 is 0 Å². The highest BCUT2D eigenvalue weighted by atomic mass is 16.2. The van der Waals surface area contributed by atoms with Crippen LogP contribution in [0.25, 0.3) is 0 Å². The van der Waals surface area contributed by atoms with Crippen molar-refractivity contribution in [2.45, 2.75) is 75.7 Å². The maximum Gasteiger partial charge on any atom is 0.226 e. The van der Waals surface area contributed by atoms with Gasteiger partial charge in [-0.3, -0.25) is 4.79 Å². The fraction of sp³-hybridized carbons (Fsp3) is 0.682. The van der Waals surface area contributed by atoms with Crippen LogP contribution in [0.4, 0.5) is 5.69 Å². The summed E-state index contributed by atoms with van der Waals surface area (Å²) in [6.45, 7) is 2.41. The monoisotopic (exact) mass is 340 g/mol. The third-order valence-corrected chi connectivity index (χ3v) is 7.12. The lowest BCUT2D eigenvalue weighted by molar-refractivity contribution is -0.118. The minimum Gasteiger partial charge on any atom is -0.315 e. The van der Waals surface area contributed by atoms with E-state index in [4.69, 9.17) is 0 Å². The van der Waals surface area contributed by atoms with Crippen molar-refractivity contribution in [2.75, 3.05) is 25.0 Å². The second-order valence-corrected chi connectivity index (χ2v) is 8.43. The fourth-order valence-electron chi connectivity index (χ4n) is 5.46. The van der Waals surface area contributed by atoms with Crippen LogP contribution in [-0.2, 0) is 10.2 Å². The summed E-state index contributed by atoms with van der Waals surface area (Å²) >= 11 is 0. The number of nitrogens with zero attached hydrogens (tertiary/aromatic N) is 2. The van der Waals surface area contributed by atoms with Gasteiger partial charge >= 0.3 is 0 Å². The number of benzene rings is 1. The normalized spacial score (nSPS) is 25.5. The molecule has 2 aliphatic heterocycles. The zero-order valence-corrected chi connectivity index (χ0v) is 15.7. The Morgan fingerprint density at radius 3 is 2.36 bits per heavy atom. The number of carbonyl (C=O) groups is 1. The molecule has 1 saturated heterocycles. The van der Waals surface area contributed by atoms with Gasteiger partial charge in [0, 0.05) is 30.6 Å². The summed E-state index contributed by atoms with van der Waals surface area (Å²) in [4.78, 5) is 17.1. The van der Waals surface area contributed by atoms with Crippen LogP contribution >= 0.6 is 0 Å². The molecule has 2 heterocycles. The number of anilines is 1. The molecule has 0 unspecified atom stereocenters. The zero-order valence-electron chi connectivity index (χ0n) is 15.7. The lowest BCUT2D eigenvalue weighted by atomic mass is 9.69. The van der Waals surface area contributed by atoms with E-state index in [0.717, 1.165) is 18.2 Å². The Morgan fingerprint density at radius 2 is 1.64 bits per heavy atom. The number of piperidine rings is 1. The van der Waals surface area contributed by atoms with Gasteiger partial charge in [0.25, 0.3) is 0 Å². The quantitative estimate of drug-likeness (QED) is 0.703. The largest absolute Gasteiger partial charge is 0.315 e. The van der Waals surface area contributed by atoms with Gasteiger partial charge in [-0.2, -0.15) is 0 Å². The van der Waals surface area contributed by atoms with Gasteiger partial charge in [0.15, 0.2) is 0 Å². The SMILES string of the molecule is CN1C(=O)CCC2(CCN(C3CCCCCC3)CC2)c2ccccc21. The van der Waals surface area contributed by atoms with Crippen LogP contribution in [0.2, 0.25) is 0 Å². The van der Waals surface area contributed by atoms with Crippen molar-refractivity contribution in [3.05, 3.63) is 29.8 Å². The molecule has 3 aliphatic rings. The predicted octanol–water partition coefficient (Wildman–Crippen LogP) is 4.50. The van der Waals surface area contributed by atoms with Crippen molar-refractivity contribution in [1.82, 2.24) is 4.90 Å². The average Bonchev–Trinajstić information content (AvgIpc) is 2.99. The van der Waals surface area contributed by atoms with Crippen LogP contribution in [0, 0.1) is 0 Å². The van der Waals surface area contributed by atoms with Gasteiger partial charge in [-0.25, -0.2) is 0 Å². The number of fused-ring (bicyclic) bond motifs is 2. The minimum atomic E-state index is 0.207. The van der Waals surface area contributed by atoms with Gasteiger partial charge < -0.3 is 9.80 Å². The van der Waals surface area contributed by atoms with E-state index in [9.17, 15) is 4.79 Å². The molecule has 0 N–H and O–H groups in total. The van der Waals surface area contributed by atoms with E-state index < -0.39 is 0 Å². The van der Waals surface area contributed by atoms with Gasteiger partial charge in [-0.15, -0.1) is 0 Å². The molecule has 1 aromatic rings. The Morgan fingerprint density at radius 1 is 0.960 bits per heavy atom. The number of hydrogen-bond donors (Lipinski definition) is 0. The number of carbonyl (C=O) groups excluding carboxylic acids is 1. The standard InChI is InChI=1S/C22H32N2O/c1-23-20-11-7-6-10-19(20)22(13-12-21(23)25)14-16-24(17-15-22)18-8-4-2-3-5-9-18/h6-7,10-11,18H,2-5,8-9,12-17H2,1H3. The van der Waals surface area contributed by atoms with E-state index in [1.807, 2.05) is 11.9 Å². The first kappa shape index (κ1) is 17.1. The van der Waals surface area contributed by atoms with E-state index in [1.54, 1.807) is 0 Å². The summed E-state index contributed by atoms with van der Waals surface area (Å²) in [5.41, 5.74) is 2.77. The molecule has 136 valence electrons. The first-order chi connectivity index (χ1) is 12.2. The van der Waals surface area contributed by atoms with Crippen LogP contribution < -0.4 is 4.90 Å². The van der Waals surface area contributed by atoms with Crippen molar-refractivity contribution in [2.24, 2.45) is 0 Å². The second-order valence-electron chi connectivity index (χ2n) is 8.43. The summed E-state index contributed by atoms with van der Waals surface area (Å²) in [5, 5.41) is 0. The molecule has 1 spiro atoms. The van der Waals surface area contributed by atoms with Crippen molar-refractivity contribution in [3.8, 4) is 0 Å².